The number of hydrogen-bond donors (Lipinski definition) is 2. The quantitative estimate of drug-likeness (QED) is 0.494. The van der Waals surface area contributed by atoms with E-state index in [0.29, 0.717) is 0 Å². The van der Waals surface area contributed by atoms with Gasteiger partial charge in [0.1, 0.15) is 0 Å². The molecule has 2 aliphatic heterocycles. The first-order chi connectivity index (χ1) is 4.86. The monoisotopic (exact) mass is 142 g/mol. The summed E-state index contributed by atoms with van der Waals surface area (Å²) in [6, 6.07) is 0.720. The molecule has 0 aromatic heterocycles. The highest BCUT2D eigenvalue weighted by Gasteiger charge is 2.29. The van der Waals surface area contributed by atoms with Gasteiger partial charge in [-0.2, -0.15) is 0 Å². The third kappa shape index (κ3) is 1.05. The standard InChI is InChI=1S/C7H14N2O/c10-7-1-2-9(5-7)6-3-8-4-6/h6-8,10H,1-5H2/t7-/m1/s1. The maximum atomic E-state index is 9.21. The number of aliphatic hydroxyl groups excluding tert-OH is 1. The number of nitrogens with one attached hydrogen (secondary N) is 1. The van der Waals surface area contributed by atoms with E-state index < -0.39 is 0 Å². The van der Waals surface area contributed by atoms with Crippen molar-refractivity contribution in [2.24, 2.45) is 0 Å². The lowest BCUT2D eigenvalue weighted by molar-refractivity contribution is 0.136. The number of nitrogens with zero attached hydrogens (tertiary/aromatic N) is 1. The Hall–Kier alpha value is -0.120. The molecule has 2 aliphatic rings. The zero-order valence-electron chi connectivity index (χ0n) is 6.08. The Morgan fingerprint density at radius 1 is 1.40 bits per heavy atom. The third-order valence-electron chi connectivity index (χ3n) is 2.47. The predicted molar refractivity (Wildman–Crippen MR) is 38.9 cm³/mol. The molecule has 0 spiro atoms. The van der Waals surface area contributed by atoms with Gasteiger partial charge >= 0.3 is 0 Å². The smallest absolute Gasteiger partial charge is 0.0679 e. The van der Waals surface area contributed by atoms with Crippen molar-refractivity contribution < 1.29 is 5.11 Å². The predicted octanol–water partition coefficient (Wildman–Crippen LogP) is -0.975. The van der Waals surface area contributed by atoms with E-state index in [2.05, 4.69) is 10.2 Å². The Morgan fingerprint density at radius 3 is 2.60 bits per heavy atom. The molecule has 3 heteroatoms. The first kappa shape index (κ1) is 6.58. The van der Waals surface area contributed by atoms with Crippen LogP contribution in [-0.2, 0) is 0 Å². The fourth-order valence-corrected chi connectivity index (χ4v) is 1.63. The van der Waals surface area contributed by atoms with E-state index >= 15 is 0 Å². The van der Waals surface area contributed by atoms with Gasteiger partial charge in [-0.1, -0.05) is 0 Å². The van der Waals surface area contributed by atoms with Crippen molar-refractivity contribution in [2.75, 3.05) is 26.2 Å². The van der Waals surface area contributed by atoms with E-state index in [4.69, 9.17) is 0 Å². The molecular formula is C7H14N2O. The fraction of sp³-hybridized carbons (Fsp3) is 1.00. The van der Waals surface area contributed by atoms with Crippen LogP contribution in [0.15, 0.2) is 0 Å². The van der Waals surface area contributed by atoms with Crippen LogP contribution in [0.3, 0.4) is 0 Å². The van der Waals surface area contributed by atoms with Crippen molar-refractivity contribution in [3.8, 4) is 0 Å². The molecular weight excluding hydrogens is 128 g/mol. The molecule has 1 atom stereocenters. The van der Waals surface area contributed by atoms with Gasteiger partial charge in [-0.05, 0) is 6.42 Å². The molecule has 0 bridgehead atoms. The largest absolute Gasteiger partial charge is 0.392 e. The lowest BCUT2D eigenvalue weighted by atomic mass is 10.1. The summed E-state index contributed by atoms with van der Waals surface area (Å²) in [4.78, 5) is 2.38. The van der Waals surface area contributed by atoms with Gasteiger partial charge in [-0.3, -0.25) is 4.90 Å². The Bertz CT molecular complexity index is 125. The van der Waals surface area contributed by atoms with E-state index in [1.54, 1.807) is 0 Å². The highest BCUT2D eigenvalue weighted by atomic mass is 16.3. The maximum absolute atomic E-state index is 9.21. The topological polar surface area (TPSA) is 35.5 Å². The van der Waals surface area contributed by atoms with Gasteiger partial charge in [0, 0.05) is 32.2 Å². The Kier molecular flexibility index (Phi) is 1.64. The van der Waals surface area contributed by atoms with Crippen LogP contribution in [0, 0.1) is 0 Å². The number of β-amino-alcohol motifs (C(OH)–C–C–N with tert-alkyl or cyclic N) is 1. The van der Waals surface area contributed by atoms with Crippen molar-refractivity contribution in [3.05, 3.63) is 0 Å². The summed E-state index contributed by atoms with van der Waals surface area (Å²) < 4.78 is 0. The van der Waals surface area contributed by atoms with E-state index in [1.165, 1.54) is 0 Å². The number of hydrogen-bond acceptors (Lipinski definition) is 3. The molecule has 58 valence electrons. The van der Waals surface area contributed by atoms with Gasteiger partial charge in [-0.15, -0.1) is 0 Å². The Morgan fingerprint density at radius 2 is 2.20 bits per heavy atom. The van der Waals surface area contributed by atoms with Crippen LogP contribution in [0.5, 0.6) is 0 Å². The van der Waals surface area contributed by atoms with E-state index in [0.717, 1.165) is 38.6 Å². The summed E-state index contributed by atoms with van der Waals surface area (Å²) in [7, 11) is 0. The summed E-state index contributed by atoms with van der Waals surface area (Å²) in [6.07, 6.45) is 0.914. The summed E-state index contributed by atoms with van der Waals surface area (Å²) in [6.45, 7) is 4.22. The lowest BCUT2D eigenvalue weighted by Crippen LogP contribution is -2.56. The Labute approximate surface area is 61.0 Å². The molecule has 3 nitrogen and oxygen atoms in total. The minimum absolute atomic E-state index is 0.0550. The molecule has 0 radical (unpaired) electrons. The third-order valence-corrected chi connectivity index (χ3v) is 2.47. The maximum Gasteiger partial charge on any atom is 0.0679 e. The van der Waals surface area contributed by atoms with E-state index in [1.807, 2.05) is 0 Å². The minimum atomic E-state index is -0.0550. The average Bonchev–Trinajstić information content (AvgIpc) is 2.10. The molecule has 2 heterocycles. The zero-order chi connectivity index (χ0) is 6.97. The van der Waals surface area contributed by atoms with Crippen LogP contribution in [0.2, 0.25) is 0 Å². The van der Waals surface area contributed by atoms with Crippen LogP contribution < -0.4 is 5.32 Å². The lowest BCUT2D eigenvalue weighted by Gasteiger charge is -2.35. The second kappa shape index (κ2) is 2.49. The molecule has 0 aromatic rings. The molecule has 10 heavy (non-hydrogen) atoms. The summed E-state index contributed by atoms with van der Waals surface area (Å²) in [5, 5.41) is 12.4. The highest BCUT2D eigenvalue weighted by Crippen LogP contribution is 2.14. The van der Waals surface area contributed by atoms with Gasteiger partial charge in [0.15, 0.2) is 0 Å². The second-order valence-electron chi connectivity index (χ2n) is 3.25. The summed E-state index contributed by atoms with van der Waals surface area (Å²) >= 11 is 0. The number of likely N-dealkylation sites (tertiary alicyclic amines) is 1. The SMILES string of the molecule is O[C@@H]1CCN(C2CNC2)C1. The first-order valence-electron chi connectivity index (χ1n) is 3.99. The number of aliphatic hydroxyl groups is 1. The highest BCUT2D eigenvalue weighted by molar-refractivity contribution is 4.88. The molecule has 0 aromatic carbocycles. The fourth-order valence-electron chi connectivity index (χ4n) is 1.63. The molecule has 2 N–H and O–H groups in total. The van der Waals surface area contributed by atoms with Gasteiger partial charge in [-0.25, -0.2) is 0 Å². The van der Waals surface area contributed by atoms with Crippen molar-refractivity contribution >= 4 is 0 Å². The molecule has 0 amide bonds. The molecule has 0 unspecified atom stereocenters. The van der Waals surface area contributed by atoms with Crippen molar-refractivity contribution in [2.45, 2.75) is 18.6 Å². The van der Waals surface area contributed by atoms with Gasteiger partial charge in [0.2, 0.25) is 0 Å². The van der Waals surface area contributed by atoms with Gasteiger partial charge < -0.3 is 10.4 Å². The van der Waals surface area contributed by atoms with Crippen molar-refractivity contribution in [3.63, 3.8) is 0 Å². The molecule has 2 saturated heterocycles. The van der Waals surface area contributed by atoms with Crippen LogP contribution in [0.25, 0.3) is 0 Å². The van der Waals surface area contributed by atoms with Crippen LogP contribution in [0.1, 0.15) is 6.42 Å². The first-order valence-corrected chi connectivity index (χ1v) is 3.99. The second-order valence-corrected chi connectivity index (χ2v) is 3.25. The molecule has 0 aliphatic carbocycles. The van der Waals surface area contributed by atoms with E-state index in [-0.39, 0.29) is 6.10 Å². The molecule has 2 fully saturated rings. The van der Waals surface area contributed by atoms with Gasteiger partial charge in [0.05, 0.1) is 6.10 Å². The van der Waals surface area contributed by atoms with Crippen LogP contribution >= 0.6 is 0 Å². The van der Waals surface area contributed by atoms with Crippen LogP contribution in [-0.4, -0.2) is 48.3 Å². The summed E-state index contributed by atoms with van der Waals surface area (Å²) in [5.74, 6) is 0. The average molecular weight is 142 g/mol. The number of rotatable bonds is 1. The van der Waals surface area contributed by atoms with Crippen molar-refractivity contribution in [1.82, 2.24) is 10.2 Å². The minimum Gasteiger partial charge on any atom is -0.392 e. The van der Waals surface area contributed by atoms with Gasteiger partial charge in [0.25, 0.3) is 0 Å². The van der Waals surface area contributed by atoms with E-state index in [9.17, 15) is 5.11 Å². The van der Waals surface area contributed by atoms with Crippen LogP contribution in [0.4, 0.5) is 0 Å². The van der Waals surface area contributed by atoms with Crippen molar-refractivity contribution in [1.29, 1.82) is 0 Å². The zero-order valence-corrected chi connectivity index (χ0v) is 6.08. The molecule has 0 saturated carbocycles. The normalized spacial score (nSPS) is 36.3. The summed E-state index contributed by atoms with van der Waals surface area (Å²) in [5.41, 5.74) is 0. The Balaban J connectivity index is 1.82. The molecule has 2 rings (SSSR count).